The smallest absolute Gasteiger partial charge is 0.226 e. The number of benzene rings is 3. The minimum absolute atomic E-state index is 0.302. The summed E-state index contributed by atoms with van der Waals surface area (Å²) in [6, 6.07) is 19.8. The van der Waals surface area contributed by atoms with Crippen molar-refractivity contribution in [3.63, 3.8) is 0 Å². The van der Waals surface area contributed by atoms with Crippen LogP contribution >= 0.6 is 0 Å². The molecule has 0 saturated carbocycles. The first-order valence-electron chi connectivity index (χ1n) is 11.7. The summed E-state index contributed by atoms with van der Waals surface area (Å²) < 4.78 is 25.3. The Balaban J connectivity index is 1.62. The van der Waals surface area contributed by atoms with E-state index in [1.54, 1.807) is 27.7 Å². The minimum Gasteiger partial charge on any atom is -0.497 e. The van der Waals surface area contributed by atoms with Crippen molar-refractivity contribution in [2.45, 2.75) is 19.1 Å². The molecule has 182 valence electrons. The second kappa shape index (κ2) is 8.64. The second-order valence-electron chi connectivity index (χ2n) is 8.77. The molecule has 1 aromatic heterocycles. The lowest BCUT2D eigenvalue weighted by atomic mass is 9.84. The highest BCUT2D eigenvalue weighted by molar-refractivity contribution is 5.85. The fraction of sp³-hybridized carbons (Fsp3) is 0.214. The van der Waals surface area contributed by atoms with Gasteiger partial charge >= 0.3 is 0 Å². The molecule has 2 aliphatic heterocycles. The molecular weight excluding hydrogens is 456 g/mol. The van der Waals surface area contributed by atoms with Gasteiger partial charge in [-0.15, -0.1) is 0 Å². The van der Waals surface area contributed by atoms with Gasteiger partial charge in [0, 0.05) is 16.7 Å². The van der Waals surface area contributed by atoms with Crippen LogP contribution < -0.4 is 24.3 Å². The van der Waals surface area contributed by atoms with Gasteiger partial charge in [0.2, 0.25) is 5.95 Å². The van der Waals surface area contributed by atoms with Gasteiger partial charge in [0.25, 0.3) is 0 Å². The molecule has 2 atom stereocenters. The fourth-order valence-electron chi connectivity index (χ4n) is 5.01. The van der Waals surface area contributed by atoms with Crippen molar-refractivity contribution in [1.82, 2.24) is 14.8 Å². The second-order valence-corrected chi connectivity index (χ2v) is 8.77. The molecule has 36 heavy (non-hydrogen) atoms. The number of hydrogen-bond acceptors (Lipinski definition) is 7. The van der Waals surface area contributed by atoms with E-state index in [2.05, 4.69) is 40.5 Å². The number of anilines is 1. The molecule has 1 N–H and O–H groups in total. The SMILES string of the molecule is COc1cccc([C@@H]2Oc3ccc(C)cc3C3=C2[C@@H](c2ccc(OC)c(OC)c2)n2ncnc2N3)c1. The molecule has 8 heteroatoms. The van der Waals surface area contributed by atoms with E-state index in [1.807, 2.05) is 47.1 Å². The molecule has 0 spiro atoms. The molecule has 0 aliphatic carbocycles. The number of hydrogen-bond donors (Lipinski definition) is 1. The standard InChI is InChI=1S/C28H26N4O4/c1-16-8-10-21-20(12-16)25-24(27(36-21)18-6-5-7-19(13-18)33-2)26(32-28(31-25)29-15-30-32)17-9-11-22(34-3)23(14-17)35-4/h5-15,26-27H,1-4H3,(H,29,30,31)/t26-,27+/m1/s1. The van der Waals surface area contributed by atoms with E-state index < -0.39 is 6.10 Å². The van der Waals surface area contributed by atoms with E-state index in [-0.39, 0.29) is 6.04 Å². The number of aryl methyl sites for hydroxylation is 1. The maximum absolute atomic E-state index is 6.72. The summed E-state index contributed by atoms with van der Waals surface area (Å²) in [5.41, 5.74) is 6.06. The third-order valence-corrected chi connectivity index (χ3v) is 6.69. The maximum atomic E-state index is 6.72. The number of methoxy groups -OCH3 is 3. The molecule has 6 rings (SSSR count). The molecule has 4 aromatic rings. The molecule has 0 bridgehead atoms. The molecule has 0 fully saturated rings. The Labute approximate surface area is 209 Å². The Morgan fingerprint density at radius 2 is 1.75 bits per heavy atom. The van der Waals surface area contributed by atoms with Gasteiger partial charge in [-0.05, 0) is 48.9 Å². The van der Waals surface area contributed by atoms with Crippen LogP contribution in [0.15, 0.2) is 72.6 Å². The zero-order valence-electron chi connectivity index (χ0n) is 20.5. The zero-order chi connectivity index (χ0) is 24.8. The van der Waals surface area contributed by atoms with Crippen molar-refractivity contribution in [2.24, 2.45) is 0 Å². The van der Waals surface area contributed by atoms with Crippen molar-refractivity contribution in [2.75, 3.05) is 26.6 Å². The number of nitrogens with zero attached hydrogens (tertiary/aromatic N) is 3. The molecule has 0 radical (unpaired) electrons. The van der Waals surface area contributed by atoms with Crippen molar-refractivity contribution in [3.05, 3.63) is 94.8 Å². The third kappa shape index (κ3) is 3.45. The van der Waals surface area contributed by atoms with Crippen LogP contribution in [-0.4, -0.2) is 36.1 Å². The van der Waals surface area contributed by atoms with Crippen LogP contribution in [-0.2, 0) is 0 Å². The lowest BCUT2D eigenvalue weighted by Crippen LogP contribution is -2.32. The summed E-state index contributed by atoms with van der Waals surface area (Å²) >= 11 is 0. The molecule has 0 amide bonds. The van der Waals surface area contributed by atoms with Crippen molar-refractivity contribution < 1.29 is 18.9 Å². The van der Waals surface area contributed by atoms with Crippen LogP contribution in [0.2, 0.25) is 0 Å². The average Bonchev–Trinajstić information content (AvgIpc) is 3.39. The maximum Gasteiger partial charge on any atom is 0.226 e. The highest BCUT2D eigenvalue weighted by atomic mass is 16.5. The quantitative estimate of drug-likeness (QED) is 0.420. The van der Waals surface area contributed by atoms with E-state index in [0.29, 0.717) is 17.4 Å². The molecular formula is C28H26N4O4. The molecule has 3 heterocycles. The highest BCUT2D eigenvalue weighted by Gasteiger charge is 2.41. The largest absolute Gasteiger partial charge is 0.497 e. The summed E-state index contributed by atoms with van der Waals surface area (Å²) in [6.07, 6.45) is 1.17. The summed E-state index contributed by atoms with van der Waals surface area (Å²) in [7, 11) is 4.93. The van der Waals surface area contributed by atoms with E-state index in [9.17, 15) is 0 Å². The first-order valence-corrected chi connectivity index (χ1v) is 11.7. The normalized spacial score (nSPS) is 17.8. The fourth-order valence-corrected chi connectivity index (χ4v) is 5.01. The topological polar surface area (TPSA) is 79.7 Å². The molecule has 2 aliphatic rings. The first kappa shape index (κ1) is 22.0. The van der Waals surface area contributed by atoms with Gasteiger partial charge in [-0.2, -0.15) is 10.1 Å². The minimum atomic E-state index is -0.395. The van der Waals surface area contributed by atoms with E-state index >= 15 is 0 Å². The lowest BCUT2D eigenvalue weighted by Gasteiger charge is -2.39. The molecule has 0 unspecified atom stereocenters. The van der Waals surface area contributed by atoms with Gasteiger partial charge in [0.1, 0.15) is 30.0 Å². The van der Waals surface area contributed by atoms with Crippen LogP contribution in [0.1, 0.15) is 34.4 Å². The lowest BCUT2D eigenvalue weighted by molar-refractivity contribution is 0.222. The Bertz CT molecular complexity index is 1490. The molecule has 8 nitrogen and oxygen atoms in total. The number of rotatable bonds is 5. The van der Waals surface area contributed by atoms with Crippen LogP contribution in [0.4, 0.5) is 5.95 Å². The first-order chi connectivity index (χ1) is 17.6. The Hall–Kier alpha value is -4.46. The van der Waals surface area contributed by atoms with Crippen molar-refractivity contribution in [3.8, 4) is 23.0 Å². The van der Waals surface area contributed by atoms with Crippen LogP contribution in [0.3, 0.4) is 0 Å². The van der Waals surface area contributed by atoms with E-state index in [4.69, 9.17) is 18.9 Å². The number of aromatic nitrogens is 3. The number of nitrogens with one attached hydrogen (secondary N) is 1. The van der Waals surface area contributed by atoms with Crippen molar-refractivity contribution >= 4 is 11.6 Å². The predicted molar refractivity (Wildman–Crippen MR) is 136 cm³/mol. The molecule has 0 saturated heterocycles. The summed E-state index contributed by atoms with van der Waals surface area (Å²) in [5.74, 6) is 3.53. The average molecular weight is 483 g/mol. The summed E-state index contributed by atoms with van der Waals surface area (Å²) in [4.78, 5) is 4.51. The van der Waals surface area contributed by atoms with Crippen LogP contribution in [0, 0.1) is 6.92 Å². The Morgan fingerprint density at radius 1 is 0.889 bits per heavy atom. The summed E-state index contributed by atoms with van der Waals surface area (Å²) in [5, 5.41) is 8.14. The monoisotopic (exact) mass is 482 g/mol. The number of ether oxygens (including phenoxy) is 4. The van der Waals surface area contributed by atoms with Gasteiger partial charge in [0.15, 0.2) is 11.5 Å². The molecule has 3 aromatic carbocycles. The van der Waals surface area contributed by atoms with Gasteiger partial charge in [0.05, 0.1) is 27.0 Å². The van der Waals surface area contributed by atoms with Crippen LogP contribution in [0.25, 0.3) is 5.70 Å². The predicted octanol–water partition coefficient (Wildman–Crippen LogP) is 5.17. The van der Waals surface area contributed by atoms with Gasteiger partial charge in [-0.25, -0.2) is 4.68 Å². The van der Waals surface area contributed by atoms with Crippen LogP contribution in [0.5, 0.6) is 23.0 Å². The zero-order valence-corrected chi connectivity index (χ0v) is 20.5. The third-order valence-electron chi connectivity index (χ3n) is 6.69. The highest BCUT2D eigenvalue weighted by Crippen LogP contribution is 2.51. The van der Waals surface area contributed by atoms with Gasteiger partial charge in [-0.3, -0.25) is 0 Å². The van der Waals surface area contributed by atoms with Crippen molar-refractivity contribution in [1.29, 1.82) is 0 Å². The summed E-state index contributed by atoms with van der Waals surface area (Å²) in [6.45, 7) is 2.08. The Kier molecular flexibility index (Phi) is 5.29. The number of fused-ring (bicyclic) bond motifs is 3. The van der Waals surface area contributed by atoms with Gasteiger partial charge in [-0.1, -0.05) is 29.8 Å². The van der Waals surface area contributed by atoms with E-state index in [0.717, 1.165) is 45.0 Å². The van der Waals surface area contributed by atoms with E-state index in [1.165, 1.54) is 0 Å². The van der Waals surface area contributed by atoms with Gasteiger partial charge < -0.3 is 24.3 Å². The Morgan fingerprint density at radius 3 is 2.56 bits per heavy atom.